The number of hydrogen-bond acceptors (Lipinski definition) is 3. The molecule has 1 aliphatic rings. The highest BCUT2D eigenvalue weighted by Gasteiger charge is 2.19. The van der Waals surface area contributed by atoms with Crippen LogP contribution in [-0.4, -0.2) is 22.4 Å². The molecule has 20 heavy (non-hydrogen) atoms. The third kappa shape index (κ3) is 3.25. The predicted molar refractivity (Wildman–Crippen MR) is 77.6 cm³/mol. The molecule has 4 nitrogen and oxygen atoms in total. The van der Waals surface area contributed by atoms with Gasteiger partial charge in [-0.15, -0.1) is 0 Å². The predicted octanol–water partition coefficient (Wildman–Crippen LogP) is 2.43. The molecule has 0 amide bonds. The smallest absolute Gasteiger partial charge is 0.0991 e. The van der Waals surface area contributed by atoms with E-state index in [4.69, 9.17) is 5.26 Å². The molecule has 1 saturated carbocycles. The van der Waals surface area contributed by atoms with E-state index < -0.39 is 0 Å². The first-order chi connectivity index (χ1) is 9.85. The van der Waals surface area contributed by atoms with Crippen LogP contribution >= 0.6 is 0 Å². The van der Waals surface area contributed by atoms with Crippen LogP contribution in [0.4, 0.5) is 0 Å². The first-order valence-corrected chi connectivity index (χ1v) is 7.12. The molecule has 0 atom stereocenters. The average molecular weight is 266 g/mol. The second-order valence-corrected chi connectivity index (χ2v) is 5.28. The van der Waals surface area contributed by atoms with Crippen molar-refractivity contribution in [2.24, 2.45) is 0 Å². The minimum atomic E-state index is 0.673. The third-order valence-corrected chi connectivity index (χ3v) is 3.55. The lowest BCUT2D eigenvalue weighted by atomic mass is 10.2. The van der Waals surface area contributed by atoms with E-state index in [1.165, 1.54) is 18.4 Å². The summed E-state index contributed by atoms with van der Waals surface area (Å²) in [5.74, 6) is 0. The maximum Gasteiger partial charge on any atom is 0.0991 e. The fourth-order valence-electron chi connectivity index (χ4n) is 2.21. The number of nitrogens with one attached hydrogen (secondary N) is 1. The first-order valence-electron chi connectivity index (χ1n) is 7.12. The zero-order valence-corrected chi connectivity index (χ0v) is 11.4. The van der Waals surface area contributed by atoms with Crippen LogP contribution in [0.2, 0.25) is 0 Å². The Bertz CT molecular complexity index is 602. The Morgan fingerprint density at radius 1 is 1.30 bits per heavy atom. The summed E-state index contributed by atoms with van der Waals surface area (Å²) in [7, 11) is 0. The van der Waals surface area contributed by atoms with Crippen molar-refractivity contribution >= 4 is 0 Å². The molecule has 0 unspecified atom stereocenters. The van der Waals surface area contributed by atoms with E-state index in [1.54, 1.807) is 0 Å². The summed E-state index contributed by atoms with van der Waals surface area (Å²) >= 11 is 0. The largest absolute Gasteiger partial charge is 0.314 e. The van der Waals surface area contributed by atoms with E-state index in [2.05, 4.69) is 22.7 Å². The number of nitriles is 1. The average Bonchev–Trinajstić information content (AvgIpc) is 3.20. The molecule has 1 aromatic heterocycles. The molecule has 1 fully saturated rings. The lowest BCUT2D eigenvalue weighted by Crippen LogP contribution is -2.17. The van der Waals surface area contributed by atoms with Gasteiger partial charge in [0.05, 0.1) is 23.5 Å². The fraction of sp³-hybridized carbons (Fsp3) is 0.375. The quantitative estimate of drug-likeness (QED) is 0.817. The van der Waals surface area contributed by atoms with Crippen molar-refractivity contribution in [3.63, 3.8) is 0 Å². The number of rotatable bonds is 6. The van der Waals surface area contributed by atoms with Crippen LogP contribution in [-0.2, 0) is 6.42 Å². The van der Waals surface area contributed by atoms with Crippen LogP contribution in [0.25, 0.3) is 5.69 Å². The molecule has 4 heteroatoms. The molecule has 2 aromatic rings. The highest BCUT2D eigenvalue weighted by atomic mass is 15.3. The second kappa shape index (κ2) is 5.89. The maximum absolute atomic E-state index is 8.79. The Balaban J connectivity index is 1.56. The summed E-state index contributed by atoms with van der Waals surface area (Å²) in [4.78, 5) is 0. The summed E-state index contributed by atoms with van der Waals surface area (Å²) < 4.78 is 1.87. The van der Waals surface area contributed by atoms with Gasteiger partial charge in [0.15, 0.2) is 0 Å². The summed E-state index contributed by atoms with van der Waals surface area (Å²) in [6.45, 7) is 1.09. The van der Waals surface area contributed by atoms with Gasteiger partial charge in [0.2, 0.25) is 0 Å². The Hall–Kier alpha value is -2.12. The standard InChI is InChI=1S/C16H18N4/c17-10-13-3-7-16(8-4-13)20-12-14(11-19-20)2-1-9-18-15-5-6-15/h3-4,7-8,11-12,15,18H,1-2,5-6,9H2. The monoisotopic (exact) mass is 266 g/mol. The molecule has 0 bridgehead atoms. The lowest BCUT2D eigenvalue weighted by molar-refractivity contribution is 0.645. The number of aryl methyl sites for hydroxylation is 1. The zero-order valence-electron chi connectivity index (χ0n) is 11.4. The molecule has 0 radical (unpaired) electrons. The lowest BCUT2D eigenvalue weighted by Gasteiger charge is -2.01. The molecule has 102 valence electrons. The highest BCUT2D eigenvalue weighted by Crippen LogP contribution is 2.18. The van der Waals surface area contributed by atoms with Gasteiger partial charge in [-0.05, 0) is 62.1 Å². The Kier molecular flexibility index (Phi) is 3.80. The number of hydrogen-bond donors (Lipinski definition) is 1. The van der Waals surface area contributed by atoms with E-state index >= 15 is 0 Å². The van der Waals surface area contributed by atoms with Crippen molar-refractivity contribution < 1.29 is 0 Å². The molecule has 0 aliphatic heterocycles. The van der Waals surface area contributed by atoms with Crippen molar-refractivity contribution in [2.75, 3.05) is 6.54 Å². The number of benzene rings is 1. The Labute approximate surface area is 119 Å². The highest BCUT2D eigenvalue weighted by molar-refractivity contribution is 5.39. The first kappa shape index (κ1) is 12.9. The van der Waals surface area contributed by atoms with Crippen LogP contribution in [0.3, 0.4) is 0 Å². The minimum Gasteiger partial charge on any atom is -0.314 e. The van der Waals surface area contributed by atoms with Crippen LogP contribution in [0.1, 0.15) is 30.4 Å². The molecular weight excluding hydrogens is 248 g/mol. The molecule has 0 spiro atoms. The van der Waals surface area contributed by atoms with Crippen LogP contribution in [0, 0.1) is 11.3 Å². The van der Waals surface area contributed by atoms with E-state index in [9.17, 15) is 0 Å². The van der Waals surface area contributed by atoms with E-state index in [-0.39, 0.29) is 0 Å². The van der Waals surface area contributed by atoms with Crippen molar-refractivity contribution in [1.82, 2.24) is 15.1 Å². The normalized spacial score (nSPS) is 14.2. The van der Waals surface area contributed by atoms with Gasteiger partial charge in [-0.1, -0.05) is 0 Å². The fourth-order valence-corrected chi connectivity index (χ4v) is 2.21. The molecule has 3 rings (SSSR count). The second-order valence-electron chi connectivity index (χ2n) is 5.28. The summed E-state index contributed by atoms with van der Waals surface area (Å²) in [5.41, 5.74) is 2.92. The summed E-state index contributed by atoms with van der Waals surface area (Å²) in [6.07, 6.45) is 8.88. The van der Waals surface area contributed by atoms with Gasteiger partial charge in [-0.25, -0.2) is 4.68 Å². The van der Waals surface area contributed by atoms with Gasteiger partial charge in [-0.3, -0.25) is 0 Å². The van der Waals surface area contributed by atoms with Crippen molar-refractivity contribution in [3.05, 3.63) is 47.8 Å². The van der Waals surface area contributed by atoms with Crippen molar-refractivity contribution in [3.8, 4) is 11.8 Å². The van der Waals surface area contributed by atoms with E-state index in [0.29, 0.717) is 5.56 Å². The molecule has 1 heterocycles. The van der Waals surface area contributed by atoms with Gasteiger partial charge in [0.25, 0.3) is 0 Å². The van der Waals surface area contributed by atoms with Crippen molar-refractivity contribution in [1.29, 1.82) is 5.26 Å². The maximum atomic E-state index is 8.79. The van der Waals surface area contributed by atoms with Gasteiger partial charge < -0.3 is 5.32 Å². The minimum absolute atomic E-state index is 0.673. The molecule has 1 aliphatic carbocycles. The summed E-state index contributed by atoms with van der Waals surface area (Å²) in [5, 5.41) is 16.7. The molecule has 1 aromatic carbocycles. The Morgan fingerprint density at radius 2 is 2.10 bits per heavy atom. The molecule has 1 N–H and O–H groups in total. The van der Waals surface area contributed by atoms with Gasteiger partial charge >= 0.3 is 0 Å². The number of nitrogens with zero attached hydrogens (tertiary/aromatic N) is 3. The van der Waals surface area contributed by atoms with E-state index in [0.717, 1.165) is 31.1 Å². The zero-order chi connectivity index (χ0) is 13.8. The summed E-state index contributed by atoms with van der Waals surface area (Å²) in [6, 6.07) is 10.4. The third-order valence-electron chi connectivity index (χ3n) is 3.55. The van der Waals surface area contributed by atoms with Gasteiger partial charge in [0.1, 0.15) is 0 Å². The van der Waals surface area contributed by atoms with Crippen LogP contribution in [0.15, 0.2) is 36.7 Å². The van der Waals surface area contributed by atoms with Gasteiger partial charge in [-0.2, -0.15) is 10.4 Å². The molecular formula is C16H18N4. The topological polar surface area (TPSA) is 53.6 Å². The molecule has 0 saturated heterocycles. The number of aromatic nitrogens is 2. The Morgan fingerprint density at radius 3 is 2.80 bits per heavy atom. The van der Waals surface area contributed by atoms with E-state index in [1.807, 2.05) is 35.1 Å². The van der Waals surface area contributed by atoms with Crippen LogP contribution in [0.5, 0.6) is 0 Å². The van der Waals surface area contributed by atoms with Gasteiger partial charge in [0, 0.05) is 12.2 Å². The SMILES string of the molecule is N#Cc1ccc(-n2cc(CCCNC3CC3)cn2)cc1. The van der Waals surface area contributed by atoms with Crippen LogP contribution < -0.4 is 5.32 Å². The van der Waals surface area contributed by atoms with Crippen molar-refractivity contribution in [2.45, 2.75) is 31.7 Å².